The minimum atomic E-state index is -3.17. The third-order valence-electron chi connectivity index (χ3n) is 4.51. The number of sulfone groups is 1. The summed E-state index contributed by atoms with van der Waals surface area (Å²) in [6.07, 6.45) is 4.24. The lowest BCUT2D eigenvalue weighted by Crippen LogP contribution is -2.42. The average Bonchev–Trinajstić information content (AvgIpc) is 2.54. The molecule has 2 rings (SSSR count). The van der Waals surface area contributed by atoms with Gasteiger partial charge < -0.3 is 10.2 Å². The molecule has 138 valence electrons. The van der Waals surface area contributed by atoms with Crippen molar-refractivity contribution in [1.29, 1.82) is 0 Å². The van der Waals surface area contributed by atoms with E-state index in [9.17, 15) is 18.0 Å². The number of nitrogens with zero attached hydrogens (tertiary/aromatic N) is 1. The molecule has 1 atom stereocenters. The van der Waals surface area contributed by atoms with Gasteiger partial charge in [-0.3, -0.25) is 9.59 Å². The Morgan fingerprint density at radius 3 is 2.60 bits per heavy atom. The van der Waals surface area contributed by atoms with E-state index in [0.717, 1.165) is 37.6 Å². The summed E-state index contributed by atoms with van der Waals surface area (Å²) in [5.41, 5.74) is 1.99. The normalized spacial score (nSPS) is 18.0. The Bertz CT molecular complexity index is 758. The predicted molar refractivity (Wildman–Crippen MR) is 98.5 cm³/mol. The number of hydrogen-bond acceptors (Lipinski definition) is 4. The number of carbonyl (C=O) groups excluding carboxylic acids is 2. The van der Waals surface area contributed by atoms with Crippen LogP contribution < -0.4 is 5.32 Å². The van der Waals surface area contributed by atoms with E-state index in [0.29, 0.717) is 11.3 Å². The SMILES string of the molecule is Cc1cc(C(=O)N2CCCCC2C)ccc1NC(=O)CCS(C)(=O)=O. The van der Waals surface area contributed by atoms with Crippen LogP contribution in [0.15, 0.2) is 18.2 Å². The number of rotatable bonds is 5. The summed E-state index contributed by atoms with van der Waals surface area (Å²) in [6, 6.07) is 5.44. The highest BCUT2D eigenvalue weighted by Gasteiger charge is 2.24. The lowest BCUT2D eigenvalue weighted by Gasteiger charge is -2.33. The van der Waals surface area contributed by atoms with Crippen molar-refractivity contribution < 1.29 is 18.0 Å². The van der Waals surface area contributed by atoms with Gasteiger partial charge in [-0.25, -0.2) is 8.42 Å². The minimum Gasteiger partial charge on any atom is -0.336 e. The van der Waals surface area contributed by atoms with E-state index in [1.165, 1.54) is 0 Å². The van der Waals surface area contributed by atoms with Crippen molar-refractivity contribution >= 4 is 27.3 Å². The van der Waals surface area contributed by atoms with E-state index in [1.54, 1.807) is 18.2 Å². The van der Waals surface area contributed by atoms with E-state index in [-0.39, 0.29) is 30.0 Å². The number of likely N-dealkylation sites (tertiary alicyclic amines) is 1. The predicted octanol–water partition coefficient (Wildman–Crippen LogP) is 2.38. The fourth-order valence-corrected chi connectivity index (χ4v) is 3.55. The molecule has 1 heterocycles. The largest absolute Gasteiger partial charge is 0.336 e. The Labute approximate surface area is 149 Å². The van der Waals surface area contributed by atoms with Crippen molar-refractivity contribution in [3.8, 4) is 0 Å². The zero-order valence-electron chi connectivity index (χ0n) is 15.0. The van der Waals surface area contributed by atoms with Crippen LogP contribution in [-0.4, -0.2) is 49.7 Å². The molecule has 1 N–H and O–H groups in total. The van der Waals surface area contributed by atoms with Crippen molar-refractivity contribution in [3.05, 3.63) is 29.3 Å². The fourth-order valence-electron chi connectivity index (χ4n) is 2.99. The monoisotopic (exact) mass is 366 g/mol. The zero-order chi connectivity index (χ0) is 18.6. The molecular formula is C18H26N2O4S. The molecule has 1 fully saturated rings. The van der Waals surface area contributed by atoms with Gasteiger partial charge in [-0.2, -0.15) is 0 Å². The Morgan fingerprint density at radius 1 is 1.28 bits per heavy atom. The first-order chi connectivity index (χ1) is 11.7. The van der Waals surface area contributed by atoms with Crippen LogP contribution in [0.5, 0.6) is 0 Å². The van der Waals surface area contributed by atoms with Gasteiger partial charge in [0, 0.05) is 36.5 Å². The molecule has 1 saturated heterocycles. The van der Waals surface area contributed by atoms with E-state index in [2.05, 4.69) is 12.2 Å². The summed E-state index contributed by atoms with van der Waals surface area (Å²) in [5.74, 6) is -0.510. The summed E-state index contributed by atoms with van der Waals surface area (Å²) in [6.45, 7) is 4.67. The van der Waals surface area contributed by atoms with Gasteiger partial charge in [-0.05, 0) is 56.9 Å². The summed E-state index contributed by atoms with van der Waals surface area (Å²) in [4.78, 5) is 26.5. The number of amides is 2. The van der Waals surface area contributed by atoms with Crippen LogP contribution in [0.3, 0.4) is 0 Å². The highest BCUT2D eigenvalue weighted by molar-refractivity contribution is 7.90. The number of piperidine rings is 1. The van der Waals surface area contributed by atoms with Crippen LogP contribution in [0, 0.1) is 6.92 Å². The molecule has 6 nitrogen and oxygen atoms in total. The maximum Gasteiger partial charge on any atom is 0.254 e. The standard InChI is InChI=1S/C18H26N2O4S/c1-13-12-15(18(22)20-10-5-4-6-14(20)2)7-8-16(13)19-17(21)9-11-25(3,23)24/h7-8,12,14H,4-6,9-11H2,1-3H3,(H,19,21). The lowest BCUT2D eigenvalue weighted by molar-refractivity contribution is -0.115. The maximum absolute atomic E-state index is 12.7. The first-order valence-electron chi connectivity index (χ1n) is 8.56. The molecule has 0 radical (unpaired) electrons. The van der Waals surface area contributed by atoms with Gasteiger partial charge in [-0.15, -0.1) is 0 Å². The second-order valence-electron chi connectivity index (χ2n) is 6.80. The van der Waals surface area contributed by atoms with E-state index in [4.69, 9.17) is 0 Å². The van der Waals surface area contributed by atoms with Crippen molar-refractivity contribution in [2.75, 3.05) is 23.9 Å². The molecule has 1 unspecified atom stereocenters. The van der Waals surface area contributed by atoms with Crippen LogP contribution >= 0.6 is 0 Å². The van der Waals surface area contributed by atoms with E-state index in [1.807, 2.05) is 11.8 Å². The van der Waals surface area contributed by atoms with Crippen LogP contribution in [0.25, 0.3) is 0 Å². The average molecular weight is 366 g/mol. The smallest absolute Gasteiger partial charge is 0.254 e. The summed E-state index contributed by atoms with van der Waals surface area (Å²) in [7, 11) is -3.17. The van der Waals surface area contributed by atoms with Crippen molar-refractivity contribution in [2.24, 2.45) is 0 Å². The van der Waals surface area contributed by atoms with Crippen molar-refractivity contribution in [1.82, 2.24) is 4.90 Å². The van der Waals surface area contributed by atoms with Crippen molar-refractivity contribution in [2.45, 2.75) is 45.6 Å². The summed E-state index contributed by atoms with van der Waals surface area (Å²) in [5, 5.41) is 2.71. The first-order valence-corrected chi connectivity index (χ1v) is 10.6. The van der Waals surface area contributed by atoms with Gasteiger partial charge in [0.15, 0.2) is 0 Å². The first kappa shape index (κ1) is 19.4. The van der Waals surface area contributed by atoms with Gasteiger partial charge in [0.2, 0.25) is 5.91 Å². The number of nitrogens with one attached hydrogen (secondary N) is 1. The van der Waals surface area contributed by atoms with Gasteiger partial charge in [0.1, 0.15) is 9.84 Å². The molecule has 0 aromatic heterocycles. The molecule has 1 aromatic carbocycles. The second kappa shape index (κ2) is 7.99. The second-order valence-corrected chi connectivity index (χ2v) is 9.06. The number of hydrogen-bond donors (Lipinski definition) is 1. The number of aryl methyl sites for hydroxylation is 1. The topological polar surface area (TPSA) is 83.6 Å². The molecule has 0 spiro atoms. The molecule has 0 bridgehead atoms. The minimum absolute atomic E-state index is 0.0188. The third kappa shape index (κ3) is 5.56. The Morgan fingerprint density at radius 2 is 2.00 bits per heavy atom. The molecule has 1 aliphatic rings. The molecule has 0 saturated carbocycles. The maximum atomic E-state index is 12.7. The fraction of sp³-hybridized carbons (Fsp3) is 0.556. The van der Waals surface area contributed by atoms with Crippen molar-refractivity contribution in [3.63, 3.8) is 0 Å². The molecule has 25 heavy (non-hydrogen) atoms. The number of benzene rings is 1. The van der Waals surface area contributed by atoms with Crippen LogP contribution in [0.4, 0.5) is 5.69 Å². The lowest BCUT2D eigenvalue weighted by atomic mass is 10.0. The quantitative estimate of drug-likeness (QED) is 0.867. The third-order valence-corrected chi connectivity index (χ3v) is 5.46. The van der Waals surface area contributed by atoms with Gasteiger partial charge in [0.25, 0.3) is 5.91 Å². The highest BCUT2D eigenvalue weighted by atomic mass is 32.2. The molecule has 0 aliphatic carbocycles. The molecule has 2 amide bonds. The van der Waals surface area contributed by atoms with Crippen LogP contribution in [-0.2, 0) is 14.6 Å². The highest BCUT2D eigenvalue weighted by Crippen LogP contribution is 2.22. The number of carbonyl (C=O) groups is 2. The molecule has 1 aliphatic heterocycles. The van der Waals surface area contributed by atoms with Crippen LogP contribution in [0.1, 0.15) is 48.5 Å². The number of anilines is 1. The van der Waals surface area contributed by atoms with Gasteiger partial charge in [0.05, 0.1) is 5.75 Å². The van der Waals surface area contributed by atoms with E-state index < -0.39 is 9.84 Å². The summed E-state index contributed by atoms with van der Waals surface area (Å²) >= 11 is 0. The summed E-state index contributed by atoms with van der Waals surface area (Å²) < 4.78 is 22.3. The Kier molecular flexibility index (Phi) is 6.21. The van der Waals surface area contributed by atoms with E-state index >= 15 is 0 Å². The Balaban J connectivity index is 2.04. The van der Waals surface area contributed by atoms with Gasteiger partial charge >= 0.3 is 0 Å². The van der Waals surface area contributed by atoms with Gasteiger partial charge in [-0.1, -0.05) is 0 Å². The Hall–Kier alpha value is -1.89. The zero-order valence-corrected chi connectivity index (χ0v) is 15.9. The molecule has 1 aromatic rings. The molecule has 7 heteroatoms. The molecular weight excluding hydrogens is 340 g/mol. The van der Waals surface area contributed by atoms with Crippen LogP contribution in [0.2, 0.25) is 0 Å².